The average molecular weight is 263 g/mol. The van der Waals surface area contributed by atoms with Crippen molar-refractivity contribution < 1.29 is 9.53 Å². The summed E-state index contributed by atoms with van der Waals surface area (Å²) in [4.78, 5) is 11.3. The Kier molecular flexibility index (Phi) is 6.85. The molecule has 0 saturated heterocycles. The van der Waals surface area contributed by atoms with Crippen LogP contribution in [0.5, 0.6) is 0 Å². The van der Waals surface area contributed by atoms with E-state index in [1.54, 1.807) is 0 Å². The third-order valence-corrected chi connectivity index (χ3v) is 3.03. The number of hydrogen-bond acceptors (Lipinski definition) is 3. The fourth-order valence-electron chi connectivity index (χ4n) is 1.57. The van der Waals surface area contributed by atoms with Crippen LogP contribution in [0.4, 0.5) is 0 Å². The van der Waals surface area contributed by atoms with Gasteiger partial charge >= 0.3 is 0 Å². The Labute approximate surface area is 109 Å². The first kappa shape index (κ1) is 14.7. The van der Waals surface area contributed by atoms with Crippen molar-refractivity contribution in [2.75, 3.05) is 32.8 Å². The van der Waals surface area contributed by atoms with Gasteiger partial charge in [-0.1, -0.05) is 0 Å². The van der Waals surface area contributed by atoms with Gasteiger partial charge in [-0.05, 0) is 44.1 Å². The first-order chi connectivity index (χ1) is 7.84. The number of amides is 1. The van der Waals surface area contributed by atoms with Crippen LogP contribution in [-0.4, -0.2) is 38.8 Å². The molecular weight excluding hydrogens is 240 g/mol. The molecule has 0 spiro atoms. The van der Waals surface area contributed by atoms with Crippen LogP contribution in [-0.2, 0) is 9.53 Å². The topological polar surface area (TPSA) is 50.4 Å². The maximum absolute atomic E-state index is 11.3. The molecule has 2 rings (SSSR count). The highest BCUT2D eigenvalue weighted by atomic mass is 35.5. The summed E-state index contributed by atoms with van der Waals surface area (Å²) < 4.78 is 5.43. The molecule has 4 nitrogen and oxygen atoms in total. The largest absolute Gasteiger partial charge is 0.379 e. The summed E-state index contributed by atoms with van der Waals surface area (Å²) in [6.45, 7) is 3.59. The van der Waals surface area contributed by atoms with Gasteiger partial charge in [-0.25, -0.2) is 0 Å². The molecular formula is C12H23ClN2O2. The van der Waals surface area contributed by atoms with E-state index in [1.165, 1.54) is 25.7 Å². The number of ether oxygens (including phenoxy) is 1. The van der Waals surface area contributed by atoms with Crippen molar-refractivity contribution in [3.05, 3.63) is 0 Å². The van der Waals surface area contributed by atoms with Crippen LogP contribution in [0.1, 0.15) is 25.7 Å². The molecule has 0 aromatic carbocycles. The molecule has 0 unspecified atom stereocenters. The van der Waals surface area contributed by atoms with Crippen molar-refractivity contribution in [3.63, 3.8) is 0 Å². The Morgan fingerprint density at radius 3 is 2.53 bits per heavy atom. The zero-order chi connectivity index (χ0) is 11.2. The smallest absolute Gasteiger partial charge is 0.234 e. The average Bonchev–Trinajstić information content (AvgIpc) is 3.12. The molecule has 0 radical (unpaired) electrons. The quantitative estimate of drug-likeness (QED) is 0.609. The number of carbonyl (C=O) groups excluding carboxylic acids is 1. The zero-order valence-electron chi connectivity index (χ0n) is 10.2. The monoisotopic (exact) mass is 262 g/mol. The molecule has 2 N–H and O–H groups in total. The molecule has 0 aromatic rings. The maximum atomic E-state index is 11.3. The lowest BCUT2D eigenvalue weighted by molar-refractivity contribution is -0.120. The molecule has 1 amide bonds. The minimum absolute atomic E-state index is 0. The Bertz CT molecular complexity index is 231. The SMILES string of the molecule is Cl.O=C(CNCC1CC1)NCCOCC1CC1. The van der Waals surface area contributed by atoms with Gasteiger partial charge in [0.2, 0.25) is 5.91 Å². The third kappa shape index (κ3) is 7.58. The molecule has 2 fully saturated rings. The van der Waals surface area contributed by atoms with Crippen molar-refractivity contribution in [1.29, 1.82) is 0 Å². The minimum atomic E-state index is 0. The molecule has 2 aliphatic carbocycles. The number of hydrogen-bond donors (Lipinski definition) is 2. The molecule has 17 heavy (non-hydrogen) atoms. The lowest BCUT2D eigenvalue weighted by Crippen LogP contribution is -2.36. The predicted molar refractivity (Wildman–Crippen MR) is 69.4 cm³/mol. The molecule has 0 aromatic heterocycles. The minimum Gasteiger partial charge on any atom is -0.379 e. The fraction of sp³-hybridized carbons (Fsp3) is 0.917. The Balaban J connectivity index is 0.00000144. The normalized spacial score (nSPS) is 18.6. The number of carbonyl (C=O) groups is 1. The second kappa shape index (κ2) is 7.90. The fourth-order valence-corrected chi connectivity index (χ4v) is 1.57. The van der Waals surface area contributed by atoms with Crippen LogP contribution in [0, 0.1) is 11.8 Å². The van der Waals surface area contributed by atoms with Gasteiger partial charge in [0.15, 0.2) is 0 Å². The van der Waals surface area contributed by atoms with Crippen molar-refractivity contribution in [3.8, 4) is 0 Å². The Morgan fingerprint density at radius 1 is 1.18 bits per heavy atom. The molecule has 2 saturated carbocycles. The van der Waals surface area contributed by atoms with Crippen LogP contribution in [0.2, 0.25) is 0 Å². The number of rotatable bonds is 9. The summed E-state index contributed by atoms with van der Waals surface area (Å²) in [5.41, 5.74) is 0. The van der Waals surface area contributed by atoms with Gasteiger partial charge in [-0.3, -0.25) is 4.79 Å². The van der Waals surface area contributed by atoms with Gasteiger partial charge in [0.25, 0.3) is 0 Å². The van der Waals surface area contributed by atoms with Crippen LogP contribution in [0.3, 0.4) is 0 Å². The van der Waals surface area contributed by atoms with E-state index in [0.717, 1.165) is 25.0 Å². The zero-order valence-corrected chi connectivity index (χ0v) is 11.1. The van der Waals surface area contributed by atoms with Crippen molar-refractivity contribution in [2.45, 2.75) is 25.7 Å². The summed E-state index contributed by atoms with van der Waals surface area (Å²) in [5, 5.41) is 6.01. The highest BCUT2D eigenvalue weighted by molar-refractivity contribution is 5.85. The van der Waals surface area contributed by atoms with Crippen molar-refractivity contribution in [2.24, 2.45) is 11.8 Å². The lowest BCUT2D eigenvalue weighted by atomic mass is 10.4. The predicted octanol–water partition coefficient (Wildman–Crippen LogP) is 0.951. The van der Waals surface area contributed by atoms with E-state index in [4.69, 9.17) is 4.74 Å². The Hall–Kier alpha value is -0.320. The first-order valence-electron chi connectivity index (χ1n) is 6.40. The van der Waals surface area contributed by atoms with Crippen LogP contribution in [0.15, 0.2) is 0 Å². The molecule has 0 atom stereocenters. The van der Waals surface area contributed by atoms with E-state index in [-0.39, 0.29) is 18.3 Å². The summed E-state index contributed by atoms with van der Waals surface area (Å²) in [5.74, 6) is 1.71. The van der Waals surface area contributed by atoms with Gasteiger partial charge in [-0.15, -0.1) is 12.4 Å². The standard InChI is InChI=1S/C12H22N2O2.ClH/c15-12(8-13-7-10-1-2-10)14-5-6-16-9-11-3-4-11;/h10-11,13H,1-9H2,(H,14,15);1H. The van der Waals surface area contributed by atoms with Gasteiger partial charge < -0.3 is 15.4 Å². The van der Waals surface area contributed by atoms with Crippen LogP contribution >= 0.6 is 12.4 Å². The third-order valence-electron chi connectivity index (χ3n) is 3.03. The van der Waals surface area contributed by atoms with E-state index in [1.807, 2.05) is 0 Å². The summed E-state index contributed by atoms with van der Waals surface area (Å²) in [6.07, 6.45) is 5.28. The van der Waals surface area contributed by atoms with Crippen molar-refractivity contribution >= 4 is 18.3 Å². The van der Waals surface area contributed by atoms with E-state index in [0.29, 0.717) is 19.7 Å². The summed E-state index contributed by atoms with van der Waals surface area (Å²) >= 11 is 0. The van der Waals surface area contributed by atoms with Crippen molar-refractivity contribution in [1.82, 2.24) is 10.6 Å². The van der Waals surface area contributed by atoms with Gasteiger partial charge in [0.05, 0.1) is 13.2 Å². The first-order valence-corrected chi connectivity index (χ1v) is 6.40. The van der Waals surface area contributed by atoms with Crippen LogP contribution < -0.4 is 10.6 Å². The highest BCUT2D eigenvalue weighted by Gasteiger charge is 2.21. The second-order valence-electron chi connectivity index (χ2n) is 4.94. The lowest BCUT2D eigenvalue weighted by Gasteiger charge is -2.06. The molecule has 0 aliphatic heterocycles. The van der Waals surface area contributed by atoms with Crippen LogP contribution in [0.25, 0.3) is 0 Å². The van der Waals surface area contributed by atoms with Gasteiger partial charge in [0.1, 0.15) is 0 Å². The molecule has 2 aliphatic rings. The van der Waals surface area contributed by atoms with E-state index in [9.17, 15) is 4.79 Å². The Morgan fingerprint density at radius 2 is 1.88 bits per heavy atom. The van der Waals surface area contributed by atoms with E-state index < -0.39 is 0 Å². The van der Waals surface area contributed by atoms with E-state index in [2.05, 4.69) is 10.6 Å². The summed E-state index contributed by atoms with van der Waals surface area (Å²) in [7, 11) is 0. The molecule has 100 valence electrons. The highest BCUT2D eigenvalue weighted by Crippen LogP contribution is 2.28. The summed E-state index contributed by atoms with van der Waals surface area (Å²) in [6, 6.07) is 0. The maximum Gasteiger partial charge on any atom is 0.234 e. The molecule has 5 heteroatoms. The molecule has 0 heterocycles. The second-order valence-corrected chi connectivity index (χ2v) is 4.94. The van der Waals surface area contributed by atoms with E-state index >= 15 is 0 Å². The molecule has 0 bridgehead atoms. The number of nitrogens with one attached hydrogen (secondary N) is 2. The van der Waals surface area contributed by atoms with Gasteiger partial charge in [0, 0.05) is 13.2 Å². The van der Waals surface area contributed by atoms with Gasteiger partial charge in [-0.2, -0.15) is 0 Å². The number of halogens is 1.